The lowest BCUT2D eigenvalue weighted by Gasteiger charge is -2.09. The SMILES string of the molecule is COc1cccc(-c2cc(CCO)ccc2Cl)c1. The molecule has 0 saturated heterocycles. The maximum Gasteiger partial charge on any atom is 0.119 e. The number of aliphatic hydroxyl groups excluding tert-OH is 1. The van der Waals surface area contributed by atoms with E-state index in [2.05, 4.69) is 0 Å². The molecule has 18 heavy (non-hydrogen) atoms. The molecule has 0 aliphatic carbocycles. The fourth-order valence-corrected chi connectivity index (χ4v) is 2.10. The second-order valence-corrected chi connectivity index (χ2v) is 4.43. The summed E-state index contributed by atoms with van der Waals surface area (Å²) in [5, 5.41) is 9.68. The van der Waals surface area contributed by atoms with Crippen LogP contribution >= 0.6 is 11.6 Å². The van der Waals surface area contributed by atoms with Gasteiger partial charge in [-0.2, -0.15) is 0 Å². The highest BCUT2D eigenvalue weighted by Crippen LogP contribution is 2.31. The first-order valence-corrected chi connectivity index (χ1v) is 6.16. The van der Waals surface area contributed by atoms with Gasteiger partial charge in [0.25, 0.3) is 0 Å². The minimum Gasteiger partial charge on any atom is -0.497 e. The van der Waals surface area contributed by atoms with Crippen molar-refractivity contribution in [3.63, 3.8) is 0 Å². The first kappa shape index (κ1) is 12.9. The maximum atomic E-state index is 8.98. The molecule has 94 valence electrons. The predicted octanol–water partition coefficient (Wildman–Crippen LogP) is 3.55. The van der Waals surface area contributed by atoms with E-state index in [4.69, 9.17) is 21.4 Å². The van der Waals surface area contributed by atoms with Crippen molar-refractivity contribution in [1.82, 2.24) is 0 Å². The summed E-state index contributed by atoms with van der Waals surface area (Å²) in [5.41, 5.74) is 3.04. The number of rotatable bonds is 4. The van der Waals surface area contributed by atoms with Crippen LogP contribution in [0, 0.1) is 0 Å². The number of hydrogen-bond donors (Lipinski definition) is 1. The van der Waals surface area contributed by atoms with E-state index in [9.17, 15) is 0 Å². The summed E-state index contributed by atoms with van der Waals surface area (Å²) >= 11 is 6.22. The van der Waals surface area contributed by atoms with Crippen LogP contribution in [0.1, 0.15) is 5.56 Å². The minimum absolute atomic E-state index is 0.138. The topological polar surface area (TPSA) is 29.5 Å². The largest absolute Gasteiger partial charge is 0.497 e. The van der Waals surface area contributed by atoms with Crippen LogP contribution in [-0.4, -0.2) is 18.8 Å². The minimum atomic E-state index is 0.138. The Balaban J connectivity index is 2.44. The van der Waals surface area contributed by atoms with Gasteiger partial charge in [-0.1, -0.05) is 29.8 Å². The highest BCUT2D eigenvalue weighted by atomic mass is 35.5. The second-order valence-electron chi connectivity index (χ2n) is 4.02. The zero-order valence-corrected chi connectivity index (χ0v) is 10.9. The molecule has 2 nitrogen and oxygen atoms in total. The number of halogens is 1. The summed E-state index contributed by atoms with van der Waals surface area (Å²) in [6.07, 6.45) is 0.633. The average Bonchev–Trinajstić information content (AvgIpc) is 2.41. The van der Waals surface area contributed by atoms with E-state index in [0.29, 0.717) is 11.4 Å². The maximum absolute atomic E-state index is 8.98. The molecule has 0 heterocycles. The molecule has 0 radical (unpaired) electrons. The number of methoxy groups -OCH3 is 1. The normalized spacial score (nSPS) is 10.4. The van der Waals surface area contributed by atoms with Gasteiger partial charge < -0.3 is 9.84 Å². The Morgan fingerprint density at radius 1 is 1.17 bits per heavy atom. The highest BCUT2D eigenvalue weighted by molar-refractivity contribution is 6.33. The number of aliphatic hydroxyl groups is 1. The van der Waals surface area contributed by atoms with Crippen LogP contribution < -0.4 is 4.74 Å². The van der Waals surface area contributed by atoms with E-state index in [1.165, 1.54) is 0 Å². The molecule has 0 fully saturated rings. The third kappa shape index (κ3) is 2.84. The van der Waals surface area contributed by atoms with Crippen molar-refractivity contribution >= 4 is 11.6 Å². The van der Waals surface area contributed by atoms with E-state index in [0.717, 1.165) is 22.4 Å². The smallest absolute Gasteiger partial charge is 0.119 e. The summed E-state index contributed by atoms with van der Waals surface area (Å²) in [6, 6.07) is 13.6. The van der Waals surface area contributed by atoms with Gasteiger partial charge in [0.2, 0.25) is 0 Å². The van der Waals surface area contributed by atoms with Crippen molar-refractivity contribution in [3.05, 3.63) is 53.1 Å². The van der Waals surface area contributed by atoms with Crippen LogP contribution in [0.3, 0.4) is 0 Å². The fraction of sp³-hybridized carbons (Fsp3) is 0.200. The van der Waals surface area contributed by atoms with Crippen molar-refractivity contribution in [2.45, 2.75) is 6.42 Å². The first-order chi connectivity index (χ1) is 8.74. The van der Waals surface area contributed by atoms with Gasteiger partial charge in [-0.15, -0.1) is 0 Å². The van der Waals surface area contributed by atoms with Crippen molar-refractivity contribution < 1.29 is 9.84 Å². The quantitative estimate of drug-likeness (QED) is 0.913. The summed E-state index contributed by atoms with van der Waals surface area (Å²) in [4.78, 5) is 0. The molecule has 2 aromatic carbocycles. The summed E-state index contributed by atoms with van der Waals surface area (Å²) in [5.74, 6) is 0.802. The Morgan fingerprint density at radius 3 is 2.72 bits per heavy atom. The molecule has 0 bridgehead atoms. The Morgan fingerprint density at radius 2 is 2.00 bits per heavy atom. The van der Waals surface area contributed by atoms with E-state index in [1.807, 2.05) is 42.5 Å². The molecule has 0 amide bonds. The van der Waals surface area contributed by atoms with Crippen LogP contribution in [0.5, 0.6) is 5.75 Å². The third-order valence-corrected chi connectivity index (χ3v) is 3.14. The van der Waals surface area contributed by atoms with E-state index in [1.54, 1.807) is 7.11 Å². The van der Waals surface area contributed by atoms with Gasteiger partial charge in [0.15, 0.2) is 0 Å². The molecule has 0 unspecified atom stereocenters. The Labute approximate surface area is 112 Å². The monoisotopic (exact) mass is 262 g/mol. The summed E-state index contributed by atoms with van der Waals surface area (Å²) in [7, 11) is 1.64. The van der Waals surface area contributed by atoms with Crippen LogP contribution in [0.4, 0.5) is 0 Å². The molecule has 0 aliphatic rings. The van der Waals surface area contributed by atoms with Crippen LogP contribution in [0.25, 0.3) is 11.1 Å². The highest BCUT2D eigenvalue weighted by Gasteiger charge is 2.06. The van der Waals surface area contributed by atoms with Crippen molar-refractivity contribution in [1.29, 1.82) is 0 Å². The van der Waals surface area contributed by atoms with Gasteiger partial charge in [0.05, 0.1) is 7.11 Å². The molecule has 2 rings (SSSR count). The molecule has 0 aliphatic heterocycles. The van der Waals surface area contributed by atoms with Crippen molar-refractivity contribution in [2.24, 2.45) is 0 Å². The first-order valence-electron chi connectivity index (χ1n) is 5.78. The Hall–Kier alpha value is -1.51. The van der Waals surface area contributed by atoms with Gasteiger partial charge >= 0.3 is 0 Å². The third-order valence-electron chi connectivity index (χ3n) is 2.81. The fourth-order valence-electron chi connectivity index (χ4n) is 1.87. The molecule has 2 aromatic rings. The average molecular weight is 263 g/mol. The summed E-state index contributed by atoms with van der Waals surface area (Å²) in [6.45, 7) is 0.138. The molecule has 0 aromatic heterocycles. The van der Waals surface area contributed by atoms with Crippen LogP contribution in [0.15, 0.2) is 42.5 Å². The van der Waals surface area contributed by atoms with E-state index in [-0.39, 0.29) is 6.61 Å². The number of benzene rings is 2. The van der Waals surface area contributed by atoms with E-state index >= 15 is 0 Å². The Bertz CT molecular complexity index is 538. The molecule has 0 spiro atoms. The zero-order valence-electron chi connectivity index (χ0n) is 10.2. The van der Waals surface area contributed by atoms with Crippen LogP contribution in [0.2, 0.25) is 5.02 Å². The summed E-state index contributed by atoms with van der Waals surface area (Å²) < 4.78 is 5.21. The molecular weight excluding hydrogens is 248 g/mol. The second kappa shape index (κ2) is 5.89. The van der Waals surface area contributed by atoms with Gasteiger partial charge in [-0.3, -0.25) is 0 Å². The molecular formula is C15H15ClO2. The molecule has 3 heteroatoms. The lowest BCUT2D eigenvalue weighted by molar-refractivity contribution is 0.299. The van der Waals surface area contributed by atoms with E-state index < -0.39 is 0 Å². The van der Waals surface area contributed by atoms with Gasteiger partial charge in [0.1, 0.15) is 5.75 Å². The van der Waals surface area contributed by atoms with Crippen molar-refractivity contribution in [2.75, 3.05) is 13.7 Å². The number of ether oxygens (including phenoxy) is 1. The van der Waals surface area contributed by atoms with Crippen molar-refractivity contribution in [3.8, 4) is 16.9 Å². The van der Waals surface area contributed by atoms with Gasteiger partial charge in [0, 0.05) is 17.2 Å². The zero-order chi connectivity index (χ0) is 13.0. The predicted molar refractivity (Wildman–Crippen MR) is 74.2 cm³/mol. The molecule has 1 N–H and O–H groups in total. The van der Waals surface area contributed by atoms with Gasteiger partial charge in [-0.05, 0) is 41.8 Å². The molecule has 0 atom stereocenters. The standard InChI is InChI=1S/C15H15ClO2/c1-18-13-4-2-3-12(10-13)14-9-11(7-8-17)5-6-15(14)16/h2-6,9-10,17H,7-8H2,1H3. The Kier molecular flexibility index (Phi) is 4.24. The van der Waals surface area contributed by atoms with Gasteiger partial charge in [-0.25, -0.2) is 0 Å². The molecule has 0 saturated carbocycles. The number of hydrogen-bond acceptors (Lipinski definition) is 2. The lowest BCUT2D eigenvalue weighted by Crippen LogP contribution is -1.92. The lowest BCUT2D eigenvalue weighted by atomic mass is 10.0. The van der Waals surface area contributed by atoms with Crippen LogP contribution in [-0.2, 0) is 6.42 Å².